The SMILES string of the molecule is COc1cc2c(cc1C1CC1CNC(C)C)OC(C)C2. The summed E-state index contributed by atoms with van der Waals surface area (Å²) in [7, 11) is 1.77. The van der Waals surface area contributed by atoms with Gasteiger partial charge in [0.2, 0.25) is 0 Å². The maximum Gasteiger partial charge on any atom is 0.123 e. The third-order valence-corrected chi connectivity index (χ3v) is 4.36. The van der Waals surface area contributed by atoms with Gasteiger partial charge in [0.25, 0.3) is 0 Å². The van der Waals surface area contributed by atoms with Crippen LogP contribution >= 0.6 is 0 Å². The molecule has 3 rings (SSSR count). The molecule has 3 nitrogen and oxygen atoms in total. The largest absolute Gasteiger partial charge is 0.496 e. The third kappa shape index (κ3) is 2.64. The summed E-state index contributed by atoms with van der Waals surface area (Å²) in [5, 5.41) is 3.53. The molecule has 1 aliphatic heterocycles. The minimum Gasteiger partial charge on any atom is -0.496 e. The molecule has 1 aromatic carbocycles. The molecular weight excluding hydrogens is 250 g/mol. The molecule has 0 spiro atoms. The summed E-state index contributed by atoms with van der Waals surface area (Å²) in [4.78, 5) is 0. The van der Waals surface area contributed by atoms with E-state index in [4.69, 9.17) is 9.47 Å². The number of hydrogen-bond donors (Lipinski definition) is 1. The zero-order chi connectivity index (χ0) is 14.3. The minimum atomic E-state index is 0.294. The Labute approximate surface area is 121 Å². The summed E-state index contributed by atoms with van der Waals surface area (Å²) in [5.74, 6) is 3.47. The number of benzene rings is 1. The van der Waals surface area contributed by atoms with Crippen molar-refractivity contribution in [1.29, 1.82) is 0 Å². The minimum absolute atomic E-state index is 0.294. The Morgan fingerprint density at radius 2 is 2.20 bits per heavy atom. The number of ether oxygens (including phenoxy) is 2. The van der Waals surface area contributed by atoms with Crippen LogP contribution in [0.4, 0.5) is 0 Å². The van der Waals surface area contributed by atoms with Crippen LogP contribution in [0.2, 0.25) is 0 Å². The van der Waals surface area contributed by atoms with Crippen LogP contribution in [0, 0.1) is 5.92 Å². The Morgan fingerprint density at radius 1 is 1.40 bits per heavy atom. The van der Waals surface area contributed by atoms with Crippen LogP contribution < -0.4 is 14.8 Å². The highest BCUT2D eigenvalue weighted by Crippen LogP contribution is 2.52. The van der Waals surface area contributed by atoms with E-state index in [0.717, 1.165) is 30.4 Å². The Balaban J connectivity index is 1.76. The molecule has 3 atom stereocenters. The number of rotatable bonds is 5. The maximum absolute atomic E-state index is 5.89. The Bertz CT molecular complexity index is 498. The van der Waals surface area contributed by atoms with Gasteiger partial charge in [0.1, 0.15) is 17.6 Å². The Morgan fingerprint density at radius 3 is 2.90 bits per heavy atom. The molecule has 0 radical (unpaired) electrons. The van der Waals surface area contributed by atoms with Crippen LogP contribution in [0.15, 0.2) is 12.1 Å². The monoisotopic (exact) mass is 275 g/mol. The van der Waals surface area contributed by atoms with Crippen molar-refractivity contribution in [3.05, 3.63) is 23.3 Å². The highest BCUT2D eigenvalue weighted by Gasteiger charge is 2.40. The lowest BCUT2D eigenvalue weighted by Crippen LogP contribution is -2.25. The van der Waals surface area contributed by atoms with Crippen molar-refractivity contribution in [2.45, 2.75) is 51.7 Å². The summed E-state index contributed by atoms with van der Waals surface area (Å²) in [5.41, 5.74) is 2.62. The molecule has 1 N–H and O–H groups in total. The van der Waals surface area contributed by atoms with Gasteiger partial charge in [-0.25, -0.2) is 0 Å². The molecule has 0 bridgehead atoms. The van der Waals surface area contributed by atoms with Crippen LogP contribution in [0.25, 0.3) is 0 Å². The van der Waals surface area contributed by atoms with Gasteiger partial charge < -0.3 is 14.8 Å². The average molecular weight is 275 g/mol. The molecule has 3 unspecified atom stereocenters. The summed E-state index contributed by atoms with van der Waals surface area (Å²) in [6.07, 6.45) is 2.54. The van der Waals surface area contributed by atoms with Gasteiger partial charge >= 0.3 is 0 Å². The topological polar surface area (TPSA) is 30.5 Å². The average Bonchev–Trinajstić information content (AvgIpc) is 3.08. The summed E-state index contributed by atoms with van der Waals surface area (Å²) >= 11 is 0. The first-order valence-electron chi connectivity index (χ1n) is 7.69. The van der Waals surface area contributed by atoms with Crippen LogP contribution in [0.3, 0.4) is 0 Å². The molecular formula is C17H25NO2. The van der Waals surface area contributed by atoms with Gasteiger partial charge in [0.05, 0.1) is 7.11 Å². The van der Waals surface area contributed by atoms with E-state index in [1.165, 1.54) is 17.5 Å². The highest BCUT2D eigenvalue weighted by molar-refractivity contribution is 5.51. The van der Waals surface area contributed by atoms with Gasteiger partial charge in [-0.05, 0) is 43.9 Å². The number of fused-ring (bicyclic) bond motifs is 1. The first-order valence-corrected chi connectivity index (χ1v) is 7.69. The molecule has 1 aliphatic carbocycles. The fraction of sp³-hybridized carbons (Fsp3) is 0.647. The first kappa shape index (κ1) is 13.7. The molecule has 0 amide bonds. The van der Waals surface area contributed by atoms with Crippen LogP contribution in [-0.2, 0) is 6.42 Å². The molecule has 1 saturated carbocycles. The van der Waals surface area contributed by atoms with Crippen molar-refractivity contribution in [3.63, 3.8) is 0 Å². The second-order valence-electron chi connectivity index (χ2n) is 6.50. The fourth-order valence-electron chi connectivity index (χ4n) is 3.16. The van der Waals surface area contributed by atoms with Gasteiger partial charge in [-0.2, -0.15) is 0 Å². The quantitative estimate of drug-likeness (QED) is 0.895. The fourth-order valence-corrected chi connectivity index (χ4v) is 3.16. The van der Waals surface area contributed by atoms with Crippen LogP contribution in [0.1, 0.15) is 44.2 Å². The van der Waals surface area contributed by atoms with E-state index in [-0.39, 0.29) is 0 Å². The smallest absolute Gasteiger partial charge is 0.123 e. The Kier molecular flexibility index (Phi) is 3.63. The zero-order valence-electron chi connectivity index (χ0n) is 12.9. The van der Waals surface area contributed by atoms with Crippen LogP contribution in [0.5, 0.6) is 11.5 Å². The molecule has 110 valence electrons. The summed E-state index contributed by atoms with van der Waals surface area (Å²) < 4.78 is 11.5. The number of hydrogen-bond acceptors (Lipinski definition) is 3. The lowest BCUT2D eigenvalue weighted by Gasteiger charge is -2.12. The summed E-state index contributed by atoms with van der Waals surface area (Å²) in [6, 6.07) is 4.96. The van der Waals surface area contributed by atoms with Gasteiger partial charge in [-0.3, -0.25) is 0 Å². The molecule has 1 heterocycles. The van der Waals surface area contributed by atoms with E-state index in [0.29, 0.717) is 18.1 Å². The van der Waals surface area contributed by atoms with Crippen molar-refractivity contribution in [2.75, 3.05) is 13.7 Å². The van der Waals surface area contributed by atoms with E-state index in [1.807, 2.05) is 0 Å². The zero-order valence-corrected chi connectivity index (χ0v) is 12.9. The Hall–Kier alpha value is -1.22. The van der Waals surface area contributed by atoms with Crippen molar-refractivity contribution in [1.82, 2.24) is 5.32 Å². The third-order valence-electron chi connectivity index (χ3n) is 4.36. The predicted octanol–water partition coefficient (Wildman–Crippen LogP) is 3.12. The normalized spacial score (nSPS) is 27.4. The van der Waals surface area contributed by atoms with E-state index in [2.05, 4.69) is 38.2 Å². The van der Waals surface area contributed by atoms with Crippen molar-refractivity contribution >= 4 is 0 Å². The van der Waals surface area contributed by atoms with E-state index in [1.54, 1.807) is 7.11 Å². The molecule has 1 aromatic rings. The summed E-state index contributed by atoms with van der Waals surface area (Å²) in [6.45, 7) is 7.61. The standard InChI is InChI=1S/C17H25NO2/c1-10(2)18-9-13-6-14(13)15-8-16-12(5-11(3)20-16)7-17(15)19-4/h7-8,10-11,13-14,18H,5-6,9H2,1-4H3. The van der Waals surface area contributed by atoms with Crippen molar-refractivity contribution in [3.8, 4) is 11.5 Å². The number of methoxy groups -OCH3 is 1. The molecule has 20 heavy (non-hydrogen) atoms. The maximum atomic E-state index is 5.89. The van der Waals surface area contributed by atoms with E-state index >= 15 is 0 Å². The van der Waals surface area contributed by atoms with Gasteiger partial charge in [0.15, 0.2) is 0 Å². The highest BCUT2D eigenvalue weighted by atomic mass is 16.5. The van der Waals surface area contributed by atoms with E-state index < -0.39 is 0 Å². The van der Waals surface area contributed by atoms with E-state index in [9.17, 15) is 0 Å². The second-order valence-corrected chi connectivity index (χ2v) is 6.50. The van der Waals surface area contributed by atoms with Gasteiger partial charge in [-0.1, -0.05) is 13.8 Å². The van der Waals surface area contributed by atoms with Gasteiger partial charge in [-0.15, -0.1) is 0 Å². The van der Waals surface area contributed by atoms with Crippen molar-refractivity contribution in [2.24, 2.45) is 5.92 Å². The first-order chi connectivity index (χ1) is 9.58. The predicted molar refractivity (Wildman–Crippen MR) is 80.8 cm³/mol. The molecule has 1 fully saturated rings. The number of nitrogens with one attached hydrogen (secondary N) is 1. The van der Waals surface area contributed by atoms with Crippen molar-refractivity contribution < 1.29 is 9.47 Å². The molecule has 0 aromatic heterocycles. The second kappa shape index (κ2) is 5.28. The lowest BCUT2D eigenvalue weighted by molar-refractivity contribution is 0.254. The van der Waals surface area contributed by atoms with Crippen LogP contribution in [-0.4, -0.2) is 25.8 Å². The molecule has 0 saturated heterocycles. The van der Waals surface area contributed by atoms with Gasteiger partial charge in [0, 0.05) is 23.6 Å². The molecule has 3 heteroatoms. The lowest BCUT2D eigenvalue weighted by atomic mass is 10.0. The molecule has 2 aliphatic rings.